The van der Waals surface area contributed by atoms with E-state index in [0.29, 0.717) is 6.42 Å². The van der Waals surface area contributed by atoms with Crippen LogP contribution in [0.2, 0.25) is 19.6 Å². The Morgan fingerprint density at radius 2 is 1.81 bits per heavy atom. The Morgan fingerprint density at radius 1 is 1.10 bits per heavy atom. The average Bonchev–Trinajstić information content (AvgIpc) is 3.10. The molecule has 1 spiro atoms. The molecular formula is C23H38O7Si. The van der Waals surface area contributed by atoms with Gasteiger partial charge in [0.25, 0.3) is 0 Å². The van der Waals surface area contributed by atoms with Gasteiger partial charge in [0, 0.05) is 12.8 Å². The van der Waals surface area contributed by atoms with E-state index in [4.69, 9.17) is 23.7 Å². The lowest BCUT2D eigenvalue weighted by Crippen LogP contribution is -2.62. The molecule has 5 unspecified atom stereocenters. The summed E-state index contributed by atoms with van der Waals surface area (Å²) in [5.74, 6) is -0.876. The number of hydrogen-bond acceptors (Lipinski definition) is 7. The third-order valence-corrected chi connectivity index (χ3v) is 8.05. The van der Waals surface area contributed by atoms with Crippen LogP contribution in [0.15, 0.2) is 11.8 Å². The van der Waals surface area contributed by atoms with Gasteiger partial charge in [-0.25, -0.2) is 0 Å². The third-order valence-electron chi connectivity index (χ3n) is 6.86. The lowest BCUT2D eigenvalue weighted by molar-refractivity contribution is -0.250. The Hall–Kier alpha value is -0.773. The lowest BCUT2D eigenvalue weighted by Gasteiger charge is -2.47. The monoisotopic (exact) mass is 454 g/mol. The SMILES string of the molecule is COC(=O)CC1CCC2O[C@@H](C(O)/C=C/[Si](C)(C)C)C3OC4(CCCCC4)OC3[C@H]2O1. The number of hydrogen-bond donors (Lipinski definition) is 1. The van der Waals surface area contributed by atoms with Crippen molar-refractivity contribution in [2.24, 2.45) is 0 Å². The first-order chi connectivity index (χ1) is 14.7. The summed E-state index contributed by atoms with van der Waals surface area (Å²) in [5, 5.41) is 11.0. The molecule has 0 amide bonds. The zero-order valence-electron chi connectivity index (χ0n) is 19.2. The van der Waals surface area contributed by atoms with Crippen molar-refractivity contribution in [3.63, 3.8) is 0 Å². The van der Waals surface area contributed by atoms with Crippen molar-refractivity contribution >= 4 is 14.0 Å². The molecule has 1 aliphatic carbocycles. The topological polar surface area (TPSA) is 83.5 Å². The van der Waals surface area contributed by atoms with E-state index < -0.39 is 32.2 Å². The lowest BCUT2D eigenvalue weighted by atomic mass is 9.87. The van der Waals surface area contributed by atoms with Gasteiger partial charge >= 0.3 is 5.97 Å². The maximum atomic E-state index is 11.8. The van der Waals surface area contributed by atoms with Crippen LogP contribution in [0, 0.1) is 0 Å². The van der Waals surface area contributed by atoms with Crippen molar-refractivity contribution in [3.05, 3.63) is 11.8 Å². The summed E-state index contributed by atoms with van der Waals surface area (Å²) in [6, 6.07) is 0. The molecule has 0 aromatic carbocycles. The molecule has 176 valence electrons. The van der Waals surface area contributed by atoms with Gasteiger partial charge in [0.15, 0.2) is 5.79 Å². The number of rotatable bonds is 5. The van der Waals surface area contributed by atoms with Gasteiger partial charge in [0.2, 0.25) is 0 Å². The highest BCUT2D eigenvalue weighted by Crippen LogP contribution is 2.48. The second-order valence-electron chi connectivity index (χ2n) is 10.6. The van der Waals surface area contributed by atoms with Gasteiger partial charge in [-0.2, -0.15) is 0 Å². The number of carbonyl (C=O) groups is 1. The van der Waals surface area contributed by atoms with E-state index in [-0.39, 0.29) is 36.8 Å². The maximum absolute atomic E-state index is 11.8. The van der Waals surface area contributed by atoms with Crippen LogP contribution in [0.5, 0.6) is 0 Å². The minimum atomic E-state index is -1.46. The summed E-state index contributed by atoms with van der Waals surface area (Å²) >= 11 is 0. The van der Waals surface area contributed by atoms with Crippen LogP contribution in [0.25, 0.3) is 0 Å². The van der Waals surface area contributed by atoms with Crippen LogP contribution < -0.4 is 0 Å². The molecular weight excluding hydrogens is 416 g/mol. The van der Waals surface area contributed by atoms with Crippen molar-refractivity contribution in [1.82, 2.24) is 0 Å². The molecule has 3 saturated heterocycles. The third kappa shape index (κ3) is 5.25. The highest BCUT2D eigenvalue weighted by Gasteiger charge is 2.60. The van der Waals surface area contributed by atoms with E-state index in [2.05, 4.69) is 25.3 Å². The van der Waals surface area contributed by atoms with Crippen molar-refractivity contribution in [1.29, 1.82) is 0 Å². The molecule has 1 N–H and O–H groups in total. The molecule has 1 saturated carbocycles. The summed E-state index contributed by atoms with van der Waals surface area (Å²) in [7, 11) is -0.0584. The van der Waals surface area contributed by atoms with Gasteiger partial charge in [-0.1, -0.05) is 37.8 Å². The van der Waals surface area contributed by atoms with Crippen LogP contribution in [-0.2, 0) is 28.5 Å². The standard InChI is InChI=1S/C23H38O7Si/c1-26-18(25)14-15-8-9-17-20(27-15)22-21(29-23(30-22)11-6-5-7-12-23)19(28-17)16(24)10-13-31(2,3)4/h10,13,15-17,19-22,24H,5-9,11-12,14H2,1-4H3/b13-10+/t15?,16?,17?,19-,20-,21?,22?/m0/s1. The Labute approximate surface area is 186 Å². The normalized spacial score (nSPS) is 38.6. The highest BCUT2D eigenvalue weighted by molar-refractivity contribution is 6.80. The Morgan fingerprint density at radius 3 is 2.48 bits per heavy atom. The summed E-state index contributed by atoms with van der Waals surface area (Å²) in [5.41, 5.74) is 2.15. The zero-order valence-corrected chi connectivity index (χ0v) is 20.2. The van der Waals surface area contributed by atoms with Crippen LogP contribution in [0.1, 0.15) is 51.4 Å². The summed E-state index contributed by atoms with van der Waals surface area (Å²) in [6.45, 7) is 6.71. The van der Waals surface area contributed by atoms with Gasteiger partial charge in [-0.3, -0.25) is 4.79 Å². The molecule has 0 aromatic heterocycles. The Kier molecular flexibility index (Phi) is 6.96. The zero-order chi connectivity index (χ0) is 22.2. The van der Waals surface area contributed by atoms with Crippen molar-refractivity contribution < 1.29 is 33.6 Å². The molecule has 3 aliphatic heterocycles. The van der Waals surface area contributed by atoms with E-state index in [1.54, 1.807) is 0 Å². The largest absolute Gasteiger partial charge is 0.469 e. The van der Waals surface area contributed by atoms with Gasteiger partial charge in [0.1, 0.15) is 30.5 Å². The Bertz CT molecular complexity index is 669. The minimum absolute atomic E-state index is 0.183. The molecule has 0 aromatic rings. The predicted octanol–water partition coefficient (Wildman–Crippen LogP) is 3.10. The molecule has 4 rings (SSSR count). The molecule has 4 aliphatic rings. The molecule has 7 nitrogen and oxygen atoms in total. The van der Waals surface area contributed by atoms with Gasteiger partial charge in [-0.05, 0) is 25.7 Å². The molecule has 4 fully saturated rings. The fourth-order valence-corrected chi connectivity index (χ4v) is 6.06. The number of methoxy groups -OCH3 is 1. The fourth-order valence-electron chi connectivity index (χ4n) is 5.29. The van der Waals surface area contributed by atoms with Gasteiger partial charge < -0.3 is 28.8 Å². The number of aliphatic hydroxyl groups is 1. The van der Waals surface area contributed by atoms with E-state index in [9.17, 15) is 9.90 Å². The number of esters is 1. The molecule has 0 radical (unpaired) electrons. The average molecular weight is 455 g/mol. The second-order valence-corrected chi connectivity index (χ2v) is 15.6. The molecule has 31 heavy (non-hydrogen) atoms. The van der Waals surface area contributed by atoms with Gasteiger partial charge in [-0.15, -0.1) is 0 Å². The van der Waals surface area contributed by atoms with Crippen LogP contribution in [-0.4, -0.2) is 74.8 Å². The first-order valence-electron chi connectivity index (χ1n) is 11.8. The van der Waals surface area contributed by atoms with Crippen molar-refractivity contribution in [2.75, 3.05) is 7.11 Å². The number of fused-ring (bicyclic) bond motifs is 3. The molecule has 7 atom stereocenters. The van der Waals surface area contributed by atoms with Crippen LogP contribution in [0.4, 0.5) is 0 Å². The summed E-state index contributed by atoms with van der Waals surface area (Å²) in [4.78, 5) is 11.8. The maximum Gasteiger partial charge on any atom is 0.308 e. The Balaban J connectivity index is 1.55. The summed E-state index contributed by atoms with van der Waals surface area (Å²) < 4.78 is 30.7. The van der Waals surface area contributed by atoms with Crippen molar-refractivity contribution in [2.45, 2.75) is 120 Å². The number of ether oxygens (including phenoxy) is 5. The van der Waals surface area contributed by atoms with E-state index in [1.807, 2.05) is 6.08 Å². The predicted molar refractivity (Wildman–Crippen MR) is 117 cm³/mol. The number of carbonyl (C=O) groups excluding carboxylic acids is 1. The van der Waals surface area contributed by atoms with E-state index >= 15 is 0 Å². The van der Waals surface area contributed by atoms with Crippen LogP contribution in [0.3, 0.4) is 0 Å². The van der Waals surface area contributed by atoms with E-state index in [1.165, 1.54) is 13.5 Å². The fraction of sp³-hybridized carbons (Fsp3) is 0.870. The van der Waals surface area contributed by atoms with Crippen molar-refractivity contribution in [3.8, 4) is 0 Å². The molecule has 0 bridgehead atoms. The number of aliphatic hydroxyl groups excluding tert-OH is 1. The quantitative estimate of drug-likeness (QED) is 0.505. The second kappa shape index (κ2) is 9.23. The first kappa shape index (κ1) is 23.4. The molecule has 3 heterocycles. The molecule has 8 heteroatoms. The first-order valence-corrected chi connectivity index (χ1v) is 15.4. The minimum Gasteiger partial charge on any atom is -0.469 e. The van der Waals surface area contributed by atoms with Gasteiger partial charge in [0.05, 0.1) is 33.8 Å². The summed E-state index contributed by atoms with van der Waals surface area (Å²) in [6.07, 6.45) is 6.00. The smallest absolute Gasteiger partial charge is 0.308 e. The van der Waals surface area contributed by atoms with Crippen LogP contribution >= 0.6 is 0 Å². The van der Waals surface area contributed by atoms with E-state index in [0.717, 1.165) is 32.1 Å². The highest BCUT2D eigenvalue weighted by atomic mass is 28.3.